The standard InChI is InChI=1S/C30H25NO4/c32-28(25-10-5-7-21-6-1-2-8-23(21)25)18-20(16-19-12-14-22(15-13-19)30(34)35)17-26-24-9-3-4-11-27(24)31-29(26)33/h1-16,26,28,32H,17-18H2,(H,31,33)(H,34,35). The number of benzene rings is 4. The lowest BCUT2D eigenvalue weighted by Gasteiger charge is -2.18. The summed E-state index contributed by atoms with van der Waals surface area (Å²) in [4.78, 5) is 24.0. The molecule has 0 saturated carbocycles. The molecule has 5 heteroatoms. The van der Waals surface area contributed by atoms with Gasteiger partial charge in [0.15, 0.2) is 0 Å². The Labute approximate surface area is 203 Å². The van der Waals surface area contributed by atoms with Crippen LogP contribution in [0.2, 0.25) is 0 Å². The van der Waals surface area contributed by atoms with Gasteiger partial charge in [-0.25, -0.2) is 4.79 Å². The zero-order valence-corrected chi connectivity index (χ0v) is 19.0. The number of rotatable bonds is 7. The number of aliphatic hydroxyl groups is 1. The van der Waals surface area contributed by atoms with Gasteiger partial charge in [-0.15, -0.1) is 0 Å². The van der Waals surface area contributed by atoms with Crippen molar-refractivity contribution in [2.75, 3.05) is 5.32 Å². The summed E-state index contributed by atoms with van der Waals surface area (Å²) in [6.45, 7) is 0. The highest BCUT2D eigenvalue weighted by Gasteiger charge is 2.31. The van der Waals surface area contributed by atoms with Gasteiger partial charge in [-0.05, 0) is 58.5 Å². The summed E-state index contributed by atoms with van der Waals surface area (Å²) >= 11 is 0. The van der Waals surface area contributed by atoms with Gasteiger partial charge in [-0.1, -0.05) is 84.4 Å². The molecule has 4 aromatic carbocycles. The minimum Gasteiger partial charge on any atom is -0.478 e. The molecule has 0 radical (unpaired) electrons. The largest absolute Gasteiger partial charge is 0.478 e. The quantitative estimate of drug-likeness (QED) is 0.306. The highest BCUT2D eigenvalue weighted by Crippen LogP contribution is 2.39. The van der Waals surface area contributed by atoms with Crippen LogP contribution in [0, 0.1) is 0 Å². The van der Waals surface area contributed by atoms with Gasteiger partial charge < -0.3 is 15.5 Å². The van der Waals surface area contributed by atoms with Crippen LogP contribution in [0.1, 0.15) is 51.9 Å². The second-order valence-electron chi connectivity index (χ2n) is 8.85. The smallest absolute Gasteiger partial charge is 0.335 e. The lowest BCUT2D eigenvalue weighted by atomic mass is 9.88. The fourth-order valence-corrected chi connectivity index (χ4v) is 4.80. The number of amides is 1. The van der Waals surface area contributed by atoms with Gasteiger partial charge in [-0.3, -0.25) is 4.79 Å². The zero-order valence-electron chi connectivity index (χ0n) is 19.0. The van der Waals surface area contributed by atoms with Gasteiger partial charge in [0, 0.05) is 5.69 Å². The van der Waals surface area contributed by atoms with Crippen molar-refractivity contribution in [3.8, 4) is 0 Å². The second kappa shape index (κ2) is 9.57. The van der Waals surface area contributed by atoms with Crippen LogP contribution < -0.4 is 5.32 Å². The predicted octanol–water partition coefficient (Wildman–Crippen LogP) is 6.17. The van der Waals surface area contributed by atoms with Gasteiger partial charge in [0.25, 0.3) is 0 Å². The predicted molar refractivity (Wildman–Crippen MR) is 137 cm³/mol. The Morgan fingerprint density at radius 3 is 2.43 bits per heavy atom. The molecule has 174 valence electrons. The van der Waals surface area contributed by atoms with Crippen LogP contribution in [0.25, 0.3) is 16.8 Å². The van der Waals surface area contributed by atoms with Crippen molar-refractivity contribution in [1.29, 1.82) is 0 Å². The second-order valence-corrected chi connectivity index (χ2v) is 8.85. The number of carbonyl (C=O) groups excluding carboxylic acids is 1. The maximum absolute atomic E-state index is 12.8. The summed E-state index contributed by atoms with van der Waals surface area (Å²) < 4.78 is 0. The van der Waals surface area contributed by atoms with E-state index in [2.05, 4.69) is 5.32 Å². The lowest BCUT2D eigenvalue weighted by Crippen LogP contribution is -2.13. The molecule has 5 nitrogen and oxygen atoms in total. The van der Waals surface area contributed by atoms with Crippen LogP contribution in [-0.4, -0.2) is 22.1 Å². The molecule has 2 atom stereocenters. The molecule has 4 aromatic rings. The molecule has 0 saturated heterocycles. The highest BCUT2D eigenvalue weighted by atomic mass is 16.4. The molecule has 1 amide bonds. The van der Waals surface area contributed by atoms with Gasteiger partial charge in [-0.2, -0.15) is 0 Å². The van der Waals surface area contributed by atoms with Gasteiger partial charge in [0.1, 0.15) is 0 Å². The van der Waals surface area contributed by atoms with Crippen LogP contribution in [0.4, 0.5) is 5.69 Å². The molecule has 1 aliphatic rings. The Morgan fingerprint density at radius 2 is 1.63 bits per heavy atom. The topological polar surface area (TPSA) is 86.6 Å². The summed E-state index contributed by atoms with van der Waals surface area (Å²) in [5.41, 5.74) is 4.55. The number of aliphatic hydroxyl groups excluding tert-OH is 1. The van der Waals surface area contributed by atoms with Crippen LogP contribution >= 0.6 is 0 Å². The van der Waals surface area contributed by atoms with E-state index >= 15 is 0 Å². The monoisotopic (exact) mass is 463 g/mol. The number of hydrogen-bond donors (Lipinski definition) is 3. The van der Waals surface area contributed by atoms with Crippen molar-refractivity contribution in [2.45, 2.75) is 24.9 Å². The average molecular weight is 464 g/mol. The molecule has 0 spiro atoms. The van der Waals surface area contributed by atoms with Gasteiger partial charge in [0.05, 0.1) is 17.6 Å². The summed E-state index contributed by atoms with van der Waals surface area (Å²) in [6.07, 6.45) is 1.99. The molecule has 5 rings (SSSR count). The normalized spacial score (nSPS) is 16.1. The molecule has 0 bridgehead atoms. The van der Waals surface area contributed by atoms with E-state index < -0.39 is 12.1 Å². The van der Waals surface area contributed by atoms with Gasteiger partial charge in [0.2, 0.25) is 5.91 Å². The van der Waals surface area contributed by atoms with E-state index in [0.717, 1.165) is 38.7 Å². The van der Waals surface area contributed by atoms with Crippen molar-refractivity contribution in [3.63, 3.8) is 0 Å². The number of nitrogens with one attached hydrogen (secondary N) is 1. The van der Waals surface area contributed by atoms with Crippen molar-refractivity contribution in [2.24, 2.45) is 0 Å². The van der Waals surface area contributed by atoms with E-state index in [9.17, 15) is 19.8 Å². The summed E-state index contributed by atoms with van der Waals surface area (Å²) in [5.74, 6) is -1.39. The fourth-order valence-electron chi connectivity index (χ4n) is 4.80. The van der Waals surface area contributed by atoms with Crippen molar-refractivity contribution < 1.29 is 19.8 Å². The number of fused-ring (bicyclic) bond motifs is 2. The van der Waals surface area contributed by atoms with Crippen LogP contribution in [-0.2, 0) is 4.79 Å². The molecular weight excluding hydrogens is 438 g/mol. The molecule has 0 fully saturated rings. The van der Waals surface area contributed by atoms with Crippen molar-refractivity contribution in [1.82, 2.24) is 0 Å². The minimum atomic E-state index is -0.980. The number of para-hydroxylation sites is 1. The van der Waals surface area contributed by atoms with E-state index in [0.29, 0.717) is 12.8 Å². The Bertz CT molecular complexity index is 1430. The maximum atomic E-state index is 12.8. The molecule has 1 heterocycles. The minimum absolute atomic E-state index is 0.0574. The number of hydrogen-bond acceptors (Lipinski definition) is 3. The number of carboxylic acid groups (broad SMARTS) is 1. The Balaban J connectivity index is 1.49. The Kier molecular flexibility index (Phi) is 6.17. The molecular formula is C30H25NO4. The maximum Gasteiger partial charge on any atom is 0.335 e. The Hall–Kier alpha value is -4.22. The number of aromatic carboxylic acids is 1. The van der Waals surface area contributed by atoms with E-state index in [1.807, 2.05) is 72.8 Å². The molecule has 2 unspecified atom stereocenters. The third-order valence-electron chi connectivity index (χ3n) is 6.54. The van der Waals surface area contributed by atoms with E-state index in [1.54, 1.807) is 24.3 Å². The molecule has 0 aromatic heterocycles. The average Bonchev–Trinajstić information content (AvgIpc) is 3.18. The third kappa shape index (κ3) is 4.72. The first-order chi connectivity index (χ1) is 17.0. The lowest BCUT2D eigenvalue weighted by molar-refractivity contribution is -0.117. The first kappa shape index (κ1) is 22.6. The van der Waals surface area contributed by atoms with Crippen molar-refractivity contribution in [3.05, 3.63) is 119 Å². The molecule has 35 heavy (non-hydrogen) atoms. The summed E-state index contributed by atoms with van der Waals surface area (Å²) in [7, 11) is 0. The van der Waals surface area contributed by atoms with E-state index in [1.165, 1.54) is 0 Å². The van der Waals surface area contributed by atoms with Crippen LogP contribution in [0.5, 0.6) is 0 Å². The fraction of sp³-hybridized carbons (Fsp3) is 0.133. The number of carboxylic acids is 1. The molecule has 0 aliphatic carbocycles. The SMILES string of the molecule is O=C(O)c1ccc(C=C(CC(O)c2cccc3ccccc23)CC2C(=O)Nc3ccccc32)cc1. The first-order valence-electron chi connectivity index (χ1n) is 11.6. The van der Waals surface area contributed by atoms with Crippen LogP contribution in [0.15, 0.2) is 96.6 Å². The van der Waals surface area contributed by atoms with E-state index in [4.69, 9.17) is 0 Å². The zero-order chi connectivity index (χ0) is 24.4. The number of anilines is 1. The van der Waals surface area contributed by atoms with Gasteiger partial charge >= 0.3 is 5.97 Å². The van der Waals surface area contributed by atoms with Crippen molar-refractivity contribution >= 4 is 34.4 Å². The molecule has 1 aliphatic heterocycles. The van der Waals surface area contributed by atoms with E-state index in [-0.39, 0.29) is 17.4 Å². The first-order valence-corrected chi connectivity index (χ1v) is 11.6. The third-order valence-corrected chi connectivity index (χ3v) is 6.54. The summed E-state index contributed by atoms with van der Waals surface area (Å²) in [5, 5.41) is 25.5. The Morgan fingerprint density at radius 1 is 0.914 bits per heavy atom. The van der Waals surface area contributed by atoms with Crippen LogP contribution in [0.3, 0.4) is 0 Å². The highest BCUT2D eigenvalue weighted by molar-refractivity contribution is 6.03. The number of carbonyl (C=O) groups is 2. The molecule has 3 N–H and O–H groups in total. The summed E-state index contributed by atoms with van der Waals surface area (Å²) in [6, 6.07) is 28.1.